The van der Waals surface area contributed by atoms with Crippen molar-refractivity contribution >= 4 is 22.9 Å². The van der Waals surface area contributed by atoms with Crippen molar-refractivity contribution in [3.8, 4) is 0 Å². The number of anilines is 2. The number of alkyl halides is 1. The number of amides is 1. The number of nitrogens with zero attached hydrogens (tertiary/aromatic N) is 6. The van der Waals surface area contributed by atoms with Crippen LogP contribution in [0.25, 0.3) is 5.65 Å². The number of hydrogen-bond acceptors (Lipinski definition) is 6. The highest BCUT2D eigenvalue weighted by atomic mass is 19.1. The fraction of sp³-hybridized carbons (Fsp3) is 0.450. The largest absolute Gasteiger partial charge is 0.367 e. The molecule has 158 valence electrons. The molecule has 30 heavy (non-hydrogen) atoms. The second-order valence-electron chi connectivity index (χ2n) is 7.81. The molecule has 1 atom stereocenters. The molecule has 9 nitrogen and oxygen atoms in total. The van der Waals surface area contributed by atoms with Crippen LogP contribution in [0.15, 0.2) is 35.5 Å². The monoisotopic (exact) mass is 413 g/mol. The molecule has 1 aliphatic rings. The van der Waals surface area contributed by atoms with Crippen molar-refractivity contribution in [2.75, 3.05) is 23.3 Å². The molecular weight excluding hydrogens is 389 g/mol. The fourth-order valence-electron chi connectivity index (χ4n) is 3.66. The molecule has 4 rings (SSSR count). The lowest BCUT2D eigenvalue weighted by atomic mass is 10.0. The van der Waals surface area contributed by atoms with Crippen molar-refractivity contribution in [2.24, 2.45) is 0 Å². The molecule has 0 aliphatic carbocycles. The molecule has 10 heteroatoms. The number of rotatable bonds is 5. The summed E-state index contributed by atoms with van der Waals surface area (Å²) < 4.78 is 16.7. The van der Waals surface area contributed by atoms with Crippen molar-refractivity contribution in [3.05, 3.63) is 46.8 Å². The van der Waals surface area contributed by atoms with Gasteiger partial charge in [-0.2, -0.15) is 5.10 Å². The molecule has 0 radical (unpaired) electrons. The molecule has 3 aromatic rings. The number of carbonyl (C=O) groups is 1. The van der Waals surface area contributed by atoms with Crippen LogP contribution in [0.3, 0.4) is 0 Å². The van der Waals surface area contributed by atoms with Gasteiger partial charge in [0.05, 0.1) is 17.1 Å². The summed E-state index contributed by atoms with van der Waals surface area (Å²) in [6.45, 7) is 4.66. The van der Waals surface area contributed by atoms with Crippen LogP contribution in [0.2, 0.25) is 0 Å². The smallest absolute Gasteiger partial charge is 0.269 e. The lowest BCUT2D eigenvalue weighted by Crippen LogP contribution is -2.39. The summed E-state index contributed by atoms with van der Waals surface area (Å²) in [4.78, 5) is 27.0. The average Bonchev–Trinajstić information content (AvgIpc) is 3.17. The Hall–Kier alpha value is -3.30. The highest BCUT2D eigenvalue weighted by Crippen LogP contribution is 2.27. The zero-order chi connectivity index (χ0) is 21.3. The molecular formula is C20H24FN7O2. The predicted octanol–water partition coefficient (Wildman–Crippen LogP) is 1.99. The maximum Gasteiger partial charge on any atom is 0.269 e. The number of pyridine rings is 1. The minimum atomic E-state index is -0.907. The molecule has 0 bridgehead atoms. The van der Waals surface area contributed by atoms with Crippen LogP contribution in [0.1, 0.15) is 38.3 Å². The van der Waals surface area contributed by atoms with Gasteiger partial charge in [-0.25, -0.2) is 9.07 Å². The zero-order valence-corrected chi connectivity index (χ0v) is 17.0. The van der Waals surface area contributed by atoms with Crippen LogP contribution >= 0.6 is 0 Å². The van der Waals surface area contributed by atoms with Gasteiger partial charge < -0.3 is 10.2 Å². The van der Waals surface area contributed by atoms with E-state index in [9.17, 15) is 14.0 Å². The van der Waals surface area contributed by atoms with Crippen LogP contribution in [0, 0.1) is 0 Å². The molecule has 0 saturated carbocycles. The van der Waals surface area contributed by atoms with E-state index in [0.717, 1.165) is 11.1 Å². The SMILES string of the molecule is CC(C)c1nn(CC(=O)Nc2ccc3nncn3c2)c(=O)cc1N1CCCC(F)C1. The Balaban J connectivity index is 1.55. The van der Waals surface area contributed by atoms with Gasteiger partial charge in [0.25, 0.3) is 5.56 Å². The molecule has 4 heterocycles. The van der Waals surface area contributed by atoms with E-state index in [1.165, 1.54) is 12.4 Å². The van der Waals surface area contributed by atoms with Gasteiger partial charge >= 0.3 is 0 Å². The number of fused-ring (bicyclic) bond motifs is 1. The lowest BCUT2D eigenvalue weighted by molar-refractivity contribution is -0.117. The molecule has 3 aromatic heterocycles. The Bertz CT molecular complexity index is 1120. The van der Waals surface area contributed by atoms with Crippen molar-refractivity contribution in [3.63, 3.8) is 0 Å². The highest BCUT2D eigenvalue weighted by molar-refractivity contribution is 5.90. The van der Waals surface area contributed by atoms with E-state index in [-0.39, 0.29) is 30.5 Å². The van der Waals surface area contributed by atoms with Crippen LogP contribution in [0.5, 0.6) is 0 Å². The van der Waals surface area contributed by atoms with E-state index in [2.05, 4.69) is 20.6 Å². The summed E-state index contributed by atoms with van der Waals surface area (Å²) in [6.07, 6.45) is 3.60. The minimum absolute atomic E-state index is 0.0195. The molecule has 1 fully saturated rings. The second kappa shape index (κ2) is 8.21. The predicted molar refractivity (Wildman–Crippen MR) is 111 cm³/mol. The fourth-order valence-corrected chi connectivity index (χ4v) is 3.66. The van der Waals surface area contributed by atoms with Gasteiger partial charge in [0.1, 0.15) is 19.0 Å². The first-order chi connectivity index (χ1) is 14.4. The molecule has 1 saturated heterocycles. The quantitative estimate of drug-likeness (QED) is 0.687. The van der Waals surface area contributed by atoms with Gasteiger partial charge in [0.2, 0.25) is 5.91 Å². The van der Waals surface area contributed by atoms with E-state index in [1.54, 1.807) is 22.7 Å². The van der Waals surface area contributed by atoms with Gasteiger partial charge in [-0.1, -0.05) is 13.8 Å². The minimum Gasteiger partial charge on any atom is -0.367 e. The van der Waals surface area contributed by atoms with E-state index in [4.69, 9.17) is 0 Å². The number of halogens is 1. The Morgan fingerprint density at radius 1 is 1.37 bits per heavy atom. The molecule has 1 amide bonds. The van der Waals surface area contributed by atoms with E-state index in [1.807, 2.05) is 18.7 Å². The van der Waals surface area contributed by atoms with Crippen molar-refractivity contribution in [2.45, 2.75) is 45.3 Å². The number of aromatic nitrogens is 5. The van der Waals surface area contributed by atoms with Crippen molar-refractivity contribution < 1.29 is 9.18 Å². The Morgan fingerprint density at radius 3 is 2.97 bits per heavy atom. The first-order valence-electron chi connectivity index (χ1n) is 10.0. The summed E-state index contributed by atoms with van der Waals surface area (Å²) in [6, 6.07) is 4.91. The topological polar surface area (TPSA) is 97.4 Å². The molecule has 0 spiro atoms. The van der Waals surface area contributed by atoms with Gasteiger partial charge in [0.15, 0.2) is 5.65 Å². The summed E-state index contributed by atoms with van der Waals surface area (Å²) >= 11 is 0. The van der Waals surface area contributed by atoms with E-state index < -0.39 is 6.17 Å². The maximum atomic E-state index is 13.9. The van der Waals surface area contributed by atoms with Crippen LogP contribution in [0.4, 0.5) is 15.8 Å². The van der Waals surface area contributed by atoms with Crippen molar-refractivity contribution in [1.29, 1.82) is 0 Å². The number of hydrogen-bond donors (Lipinski definition) is 1. The summed E-state index contributed by atoms with van der Waals surface area (Å²) in [7, 11) is 0. The third kappa shape index (κ3) is 4.17. The Kier molecular flexibility index (Phi) is 5.47. The molecule has 0 aromatic carbocycles. The number of carbonyl (C=O) groups excluding carboxylic acids is 1. The first kappa shape index (κ1) is 20.0. The summed E-state index contributed by atoms with van der Waals surface area (Å²) in [5.74, 6) is -0.354. The summed E-state index contributed by atoms with van der Waals surface area (Å²) in [5, 5.41) is 14.9. The Morgan fingerprint density at radius 2 is 2.20 bits per heavy atom. The van der Waals surface area contributed by atoms with Crippen molar-refractivity contribution in [1.82, 2.24) is 24.4 Å². The van der Waals surface area contributed by atoms with Gasteiger partial charge in [-0.15, -0.1) is 10.2 Å². The standard InChI is InChI=1S/C20H24FN7O2/c1-13(2)20-16(26-7-3-4-14(21)9-26)8-19(30)28(25-20)11-18(29)23-15-5-6-17-24-22-12-27(17)10-15/h5-6,8,10,12-14H,3-4,7,9,11H2,1-2H3,(H,23,29). The van der Waals surface area contributed by atoms with E-state index >= 15 is 0 Å². The van der Waals surface area contributed by atoms with Crippen LogP contribution in [-0.2, 0) is 11.3 Å². The van der Waals surface area contributed by atoms with Gasteiger partial charge in [-0.05, 0) is 30.9 Å². The first-order valence-corrected chi connectivity index (χ1v) is 10.0. The van der Waals surface area contributed by atoms with Crippen LogP contribution in [-0.4, -0.2) is 49.5 Å². The van der Waals surface area contributed by atoms with E-state index in [0.29, 0.717) is 35.7 Å². The summed E-state index contributed by atoms with van der Waals surface area (Å²) in [5.41, 5.74) is 2.17. The third-order valence-corrected chi connectivity index (χ3v) is 5.12. The zero-order valence-electron chi connectivity index (χ0n) is 17.0. The molecule has 1 N–H and O–H groups in total. The third-order valence-electron chi connectivity index (χ3n) is 5.12. The second-order valence-corrected chi connectivity index (χ2v) is 7.81. The normalized spacial score (nSPS) is 16.9. The average molecular weight is 413 g/mol. The van der Waals surface area contributed by atoms with Gasteiger partial charge in [0, 0.05) is 25.4 Å². The highest BCUT2D eigenvalue weighted by Gasteiger charge is 2.24. The Labute approximate surface area is 172 Å². The van der Waals surface area contributed by atoms with Crippen LogP contribution < -0.4 is 15.8 Å². The maximum absolute atomic E-state index is 13.9. The van der Waals surface area contributed by atoms with Gasteiger partial charge in [-0.3, -0.25) is 14.0 Å². The lowest BCUT2D eigenvalue weighted by Gasteiger charge is -2.32. The molecule has 1 aliphatic heterocycles. The molecule has 1 unspecified atom stereocenters. The number of nitrogens with one attached hydrogen (secondary N) is 1. The number of piperidine rings is 1.